The van der Waals surface area contributed by atoms with E-state index in [9.17, 15) is 4.79 Å². The first-order valence-electron chi connectivity index (χ1n) is 8.08. The highest BCUT2D eigenvalue weighted by molar-refractivity contribution is 5.78. The van der Waals surface area contributed by atoms with Crippen LogP contribution in [-0.4, -0.2) is 41.3 Å². The highest BCUT2D eigenvalue weighted by Gasteiger charge is 2.34. The number of benzene rings is 1. The van der Waals surface area contributed by atoms with Gasteiger partial charge < -0.3 is 19.3 Å². The number of rotatable bonds is 6. The molecule has 24 heavy (non-hydrogen) atoms. The van der Waals surface area contributed by atoms with Crippen LogP contribution in [0, 0.1) is 0 Å². The molecule has 6 nitrogen and oxygen atoms in total. The van der Waals surface area contributed by atoms with E-state index in [2.05, 4.69) is 12.1 Å². The topological polar surface area (TPSA) is 75.8 Å². The molecule has 1 saturated heterocycles. The Kier molecular flexibility index (Phi) is 4.85. The number of aliphatic hydroxyl groups is 1. The van der Waals surface area contributed by atoms with E-state index in [1.54, 1.807) is 13.2 Å². The number of amides is 1. The Morgan fingerprint density at radius 3 is 2.92 bits per heavy atom. The van der Waals surface area contributed by atoms with Crippen molar-refractivity contribution in [1.82, 2.24) is 10.1 Å². The zero-order chi connectivity index (χ0) is 17.1. The maximum atomic E-state index is 12.4. The van der Waals surface area contributed by atoms with Crippen LogP contribution in [0.2, 0.25) is 0 Å². The lowest BCUT2D eigenvalue weighted by atomic mass is 9.92. The molecule has 3 rings (SSSR count). The third kappa shape index (κ3) is 3.43. The van der Waals surface area contributed by atoms with Crippen LogP contribution in [0.15, 0.2) is 34.9 Å². The molecule has 0 spiro atoms. The lowest BCUT2D eigenvalue weighted by molar-refractivity contribution is -0.136. The molecule has 6 heteroatoms. The Labute approximate surface area is 141 Å². The summed E-state index contributed by atoms with van der Waals surface area (Å²) in [6, 6.07) is 9.59. The van der Waals surface area contributed by atoms with Gasteiger partial charge in [-0.15, -0.1) is 0 Å². The van der Waals surface area contributed by atoms with Crippen LogP contribution in [-0.2, 0) is 11.4 Å². The van der Waals surface area contributed by atoms with Gasteiger partial charge in [0.25, 0.3) is 0 Å². The van der Waals surface area contributed by atoms with Crippen molar-refractivity contribution in [3.8, 4) is 5.75 Å². The Bertz CT molecular complexity index is 707. The molecule has 1 atom stereocenters. The Hall–Kier alpha value is -2.34. The van der Waals surface area contributed by atoms with Crippen LogP contribution in [0.5, 0.6) is 5.75 Å². The lowest BCUT2D eigenvalue weighted by Crippen LogP contribution is -2.48. The number of methoxy groups -OCH3 is 1. The third-order valence-corrected chi connectivity index (χ3v) is 4.53. The van der Waals surface area contributed by atoms with E-state index in [4.69, 9.17) is 14.4 Å². The van der Waals surface area contributed by atoms with E-state index < -0.39 is 0 Å². The molecule has 2 heterocycles. The number of aromatic nitrogens is 1. The lowest BCUT2D eigenvalue weighted by Gasteiger charge is -2.38. The van der Waals surface area contributed by atoms with E-state index in [-0.39, 0.29) is 24.3 Å². The van der Waals surface area contributed by atoms with Crippen LogP contribution in [0.4, 0.5) is 0 Å². The number of hydrogen-bond donors (Lipinski definition) is 1. The van der Waals surface area contributed by atoms with Gasteiger partial charge in [0.15, 0.2) is 5.76 Å². The molecule has 1 N–H and O–H groups in total. The first-order valence-corrected chi connectivity index (χ1v) is 8.08. The third-order valence-electron chi connectivity index (χ3n) is 4.53. The summed E-state index contributed by atoms with van der Waals surface area (Å²) in [5.74, 6) is 1.75. The Balaban J connectivity index is 1.52. The number of likely N-dealkylation sites (tertiary alicyclic amines) is 1. The van der Waals surface area contributed by atoms with E-state index in [1.165, 1.54) is 0 Å². The van der Waals surface area contributed by atoms with Crippen LogP contribution in [0.1, 0.15) is 42.2 Å². The number of carbonyl (C=O) groups excluding carboxylic acids is 1. The highest BCUT2D eigenvalue weighted by Crippen LogP contribution is 2.30. The molecular weight excluding hydrogens is 308 g/mol. The molecule has 2 aromatic rings. The fraction of sp³-hybridized carbons (Fsp3) is 0.444. The number of aliphatic hydroxyl groups excluding tert-OH is 1. The summed E-state index contributed by atoms with van der Waals surface area (Å²) in [6.07, 6.45) is 0.473. The largest absolute Gasteiger partial charge is 0.497 e. The summed E-state index contributed by atoms with van der Waals surface area (Å²) in [4.78, 5) is 14.3. The van der Waals surface area contributed by atoms with Gasteiger partial charge in [-0.25, -0.2) is 0 Å². The molecule has 1 aromatic heterocycles. The maximum Gasteiger partial charge on any atom is 0.223 e. The Morgan fingerprint density at radius 2 is 2.25 bits per heavy atom. The summed E-state index contributed by atoms with van der Waals surface area (Å²) in [7, 11) is 1.64. The first kappa shape index (κ1) is 16.5. The summed E-state index contributed by atoms with van der Waals surface area (Å²) < 4.78 is 10.2. The molecule has 1 aliphatic heterocycles. The fourth-order valence-corrected chi connectivity index (χ4v) is 2.92. The summed E-state index contributed by atoms with van der Waals surface area (Å²) in [5.41, 5.74) is 1.91. The normalized spacial score (nSPS) is 15.9. The average Bonchev–Trinajstić information content (AvgIpc) is 3.02. The molecule has 0 saturated carbocycles. The zero-order valence-electron chi connectivity index (χ0n) is 13.9. The van der Waals surface area contributed by atoms with Gasteiger partial charge in [0.05, 0.1) is 12.8 Å². The first-order chi connectivity index (χ1) is 11.6. The molecular formula is C18H22N2O4. The molecule has 128 valence electrons. The van der Waals surface area contributed by atoms with Gasteiger partial charge in [-0.2, -0.15) is 0 Å². The van der Waals surface area contributed by atoms with E-state index in [0.717, 1.165) is 17.0 Å². The molecule has 1 aliphatic rings. The van der Waals surface area contributed by atoms with Crippen molar-refractivity contribution in [3.63, 3.8) is 0 Å². The van der Waals surface area contributed by atoms with Gasteiger partial charge in [0, 0.05) is 31.5 Å². The van der Waals surface area contributed by atoms with Crippen LogP contribution >= 0.6 is 0 Å². The number of hydrogen-bond acceptors (Lipinski definition) is 5. The van der Waals surface area contributed by atoms with Crippen molar-refractivity contribution in [3.05, 3.63) is 47.3 Å². The van der Waals surface area contributed by atoms with E-state index in [0.29, 0.717) is 25.3 Å². The van der Waals surface area contributed by atoms with Gasteiger partial charge >= 0.3 is 0 Å². The minimum absolute atomic E-state index is 0.139. The zero-order valence-corrected chi connectivity index (χ0v) is 13.9. The van der Waals surface area contributed by atoms with Gasteiger partial charge in [0.1, 0.15) is 12.4 Å². The summed E-state index contributed by atoms with van der Waals surface area (Å²) in [5, 5.41) is 12.9. The van der Waals surface area contributed by atoms with Crippen LogP contribution in [0.25, 0.3) is 0 Å². The van der Waals surface area contributed by atoms with Gasteiger partial charge in [-0.05, 0) is 23.6 Å². The predicted molar refractivity (Wildman–Crippen MR) is 87.8 cm³/mol. The van der Waals surface area contributed by atoms with E-state index >= 15 is 0 Å². The predicted octanol–water partition coefficient (Wildman–Crippen LogP) is 2.30. The van der Waals surface area contributed by atoms with Crippen molar-refractivity contribution in [1.29, 1.82) is 0 Å². The molecule has 0 radical (unpaired) electrons. The van der Waals surface area contributed by atoms with Crippen molar-refractivity contribution >= 4 is 5.91 Å². The second kappa shape index (κ2) is 7.05. The number of carbonyl (C=O) groups is 1. The minimum atomic E-state index is -0.152. The second-order valence-corrected chi connectivity index (χ2v) is 6.25. The van der Waals surface area contributed by atoms with Crippen molar-refractivity contribution in [2.24, 2.45) is 0 Å². The number of ether oxygens (including phenoxy) is 1. The molecule has 1 amide bonds. The number of nitrogens with zero attached hydrogens (tertiary/aromatic N) is 2. The molecule has 0 bridgehead atoms. The molecule has 0 aliphatic carbocycles. The van der Waals surface area contributed by atoms with Gasteiger partial charge in [0.2, 0.25) is 5.91 Å². The minimum Gasteiger partial charge on any atom is -0.497 e. The van der Waals surface area contributed by atoms with Crippen LogP contribution < -0.4 is 4.74 Å². The van der Waals surface area contributed by atoms with Crippen molar-refractivity contribution in [2.45, 2.75) is 31.8 Å². The van der Waals surface area contributed by atoms with E-state index in [1.807, 2.05) is 29.2 Å². The summed E-state index contributed by atoms with van der Waals surface area (Å²) >= 11 is 0. The van der Waals surface area contributed by atoms with Gasteiger partial charge in [-0.3, -0.25) is 4.79 Å². The van der Waals surface area contributed by atoms with Crippen molar-refractivity contribution in [2.75, 3.05) is 20.2 Å². The standard InChI is InChI=1S/C18H22N2O4/c1-12(13-4-3-5-15(7-13)23-2)6-18(22)20-9-14(10-20)17-8-16(11-21)24-19-17/h3-5,7-8,12,14,21H,6,9-11H2,1-2H3. The quantitative estimate of drug-likeness (QED) is 0.879. The monoisotopic (exact) mass is 330 g/mol. The smallest absolute Gasteiger partial charge is 0.223 e. The second-order valence-electron chi connectivity index (χ2n) is 6.25. The fourth-order valence-electron chi connectivity index (χ4n) is 2.92. The maximum absolute atomic E-state index is 12.4. The molecule has 1 fully saturated rings. The molecule has 1 aromatic carbocycles. The molecule has 1 unspecified atom stereocenters. The van der Waals surface area contributed by atoms with Crippen LogP contribution in [0.3, 0.4) is 0 Å². The summed E-state index contributed by atoms with van der Waals surface area (Å²) in [6.45, 7) is 3.21. The Morgan fingerprint density at radius 1 is 1.46 bits per heavy atom. The average molecular weight is 330 g/mol. The highest BCUT2D eigenvalue weighted by atomic mass is 16.5. The van der Waals surface area contributed by atoms with Crippen molar-refractivity contribution < 1.29 is 19.2 Å². The SMILES string of the molecule is COc1cccc(C(C)CC(=O)N2CC(c3cc(CO)on3)C2)c1. The van der Waals surface area contributed by atoms with Gasteiger partial charge in [-0.1, -0.05) is 24.2 Å².